The van der Waals surface area contributed by atoms with Gasteiger partial charge in [0, 0.05) is 31.9 Å². The Bertz CT molecular complexity index is 567. The van der Waals surface area contributed by atoms with E-state index in [9.17, 15) is 4.39 Å². The fourth-order valence-corrected chi connectivity index (χ4v) is 1.88. The molecule has 0 saturated heterocycles. The normalized spacial score (nSPS) is 10.4. The van der Waals surface area contributed by atoms with Gasteiger partial charge in [0.1, 0.15) is 6.61 Å². The van der Waals surface area contributed by atoms with Gasteiger partial charge in [-0.2, -0.15) is 0 Å². The van der Waals surface area contributed by atoms with Crippen LogP contribution in [0.2, 0.25) is 0 Å². The summed E-state index contributed by atoms with van der Waals surface area (Å²) in [5, 5.41) is 0. The maximum Gasteiger partial charge on any atom is 0.182 e. The third kappa shape index (κ3) is 3.70. The molecule has 0 aliphatic heterocycles. The predicted octanol–water partition coefficient (Wildman–Crippen LogP) is 2.57. The minimum Gasteiger partial charge on any atom is -0.484 e. The zero-order chi connectivity index (χ0) is 14.5. The Morgan fingerprint density at radius 2 is 1.85 bits per heavy atom. The molecule has 20 heavy (non-hydrogen) atoms. The molecule has 0 saturated carbocycles. The number of pyridine rings is 1. The van der Waals surface area contributed by atoms with Gasteiger partial charge in [0.25, 0.3) is 0 Å². The van der Waals surface area contributed by atoms with Crippen molar-refractivity contribution in [1.29, 1.82) is 0 Å². The van der Waals surface area contributed by atoms with Gasteiger partial charge in [-0.1, -0.05) is 6.07 Å². The molecule has 1 aromatic carbocycles. The molecule has 0 fully saturated rings. The van der Waals surface area contributed by atoms with Crippen molar-refractivity contribution in [3.05, 3.63) is 54.1 Å². The molecule has 106 valence electrons. The summed E-state index contributed by atoms with van der Waals surface area (Å²) >= 11 is 0. The van der Waals surface area contributed by atoms with Crippen molar-refractivity contribution in [3.63, 3.8) is 0 Å². The number of aryl methyl sites for hydroxylation is 1. The zero-order valence-corrected chi connectivity index (χ0v) is 12.1. The maximum absolute atomic E-state index is 13.6. The average molecular weight is 275 g/mol. The van der Waals surface area contributed by atoms with Crippen LogP contribution in [0.3, 0.4) is 0 Å². The lowest BCUT2D eigenvalue weighted by atomic mass is 10.2. The minimum absolute atomic E-state index is 0.307. The summed E-state index contributed by atoms with van der Waals surface area (Å²) in [6, 6.07) is 9.06. The Balaban J connectivity index is 1.89. The summed E-state index contributed by atoms with van der Waals surface area (Å²) in [5.74, 6) is -0.000864. The van der Waals surface area contributed by atoms with Crippen LogP contribution in [0.15, 0.2) is 42.7 Å². The first-order valence-corrected chi connectivity index (χ1v) is 6.61. The van der Waals surface area contributed by atoms with E-state index < -0.39 is 0 Å². The quantitative estimate of drug-likeness (QED) is 0.780. The lowest BCUT2D eigenvalue weighted by Gasteiger charge is -2.10. The predicted molar refractivity (Wildman–Crippen MR) is 77.6 cm³/mol. The SMILES string of the molecule is Cc1ccc(OCC[n+]2ccc(N(C)C)cc2)c(F)c1. The van der Waals surface area contributed by atoms with E-state index in [1.807, 2.05) is 61.1 Å². The number of hydrogen-bond donors (Lipinski definition) is 0. The van der Waals surface area contributed by atoms with Crippen LogP contribution in [0.25, 0.3) is 0 Å². The highest BCUT2D eigenvalue weighted by atomic mass is 19.1. The molecular weight excluding hydrogens is 255 g/mol. The molecule has 0 aliphatic carbocycles. The van der Waals surface area contributed by atoms with Crippen molar-refractivity contribution in [2.45, 2.75) is 13.5 Å². The Kier molecular flexibility index (Phi) is 4.56. The van der Waals surface area contributed by atoms with Crippen LogP contribution in [-0.4, -0.2) is 20.7 Å². The summed E-state index contributed by atoms with van der Waals surface area (Å²) in [7, 11) is 4.01. The van der Waals surface area contributed by atoms with Crippen molar-refractivity contribution in [3.8, 4) is 5.75 Å². The maximum atomic E-state index is 13.6. The molecule has 0 N–H and O–H groups in total. The zero-order valence-electron chi connectivity index (χ0n) is 12.1. The summed E-state index contributed by atoms with van der Waals surface area (Å²) < 4.78 is 21.1. The van der Waals surface area contributed by atoms with E-state index in [2.05, 4.69) is 0 Å². The van der Waals surface area contributed by atoms with E-state index in [0.29, 0.717) is 18.9 Å². The second-order valence-corrected chi connectivity index (χ2v) is 4.97. The van der Waals surface area contributed by atoms with Crippen LogP contribution >= 0.6 is 0 Å². The first-order chi connectivity index (χ1) is 9.56. The van der Waals surface area contributed by atoms with E-state index in [-0.39, 0.29) is 5.82 Å². The largest absolute Gasteiger partial charge is 0.484 e. The molecule has 0 aliphatic rings. The Morgan fingerprint density at radius 1 is 1.15 bits per heavy atom. The van der Waals surface area contributed by atoms with Crippen LogP contribution < -0.4 is 14.2 Å². The lowest BCUT2D eigenvalue weighted by molar-refractivity contribution is -0.697. The van der Waals surface area contributed by atoms with Gasteiger partial charge >= 0.3 is 0 Å². The minimum atomic E-state index is -0.307. The molecule has 4 heteroatoms. The van der Waals surface area contributed by atoms with Gasteiger partial charge < -0.3 is 9.64 Å². The van der Waals surface area contributed by atoms with Crippen LogP contribution in [0.5, 0.6) is 5.75 Å². The standard InChI is InChI=1S/C16H20FN2O/c1-13-4-5-16(15(17)12-13)20-11-10-19-8-6-14(7-9-19)18(2)3/h4-9,12H,10-11H2,1-3H3/q+1. The summed E-state index contributed by atoms with van der Waals surface area (Å²) in [6.07, 6.45) is 3.98. The molecule has 0 amide bonds. The second kappa shape index (κ2) is 6.37. The van der Waals surface area contributed by atoms with E-state index in [0.717, 1.165) is 11.3 Å². The summed E-state index contributed by atoms with van der Waals surface area (Å²) in [4.78, 5) is 2.04. The Morgan fingerprint density at radius 3 is 2.45 bits per heavy atom. The molecule has 0 spiro atoms. The third-order valence-corrected chi connectivity index (χ3v) is 3.08. The number of aromatic nitrogens is 1. The Hall–Kier alpha value is -2.10. The van der Waals surface area contributed by atoms with Gasteiger partial charge in [-0.05, 0) is 24.6 Å². The molecule has 1 heterocycles. The van der Waals surface area contributed by atoms with Crippen LogP contribution in [0, 0.1) is 12.7 Å². The number of nitrogens with zero attached hydrogens (tertiary/aromatic N) is 2. The number of benzene rings is 1. The number of rotatable bonds is 5. The van der Waals surface area contributed by atoms with Crippen LogP contribution in [0.1, 0.15) is 5.56 Å². The highest BCUT2D eigenvalue weighted by Crippen LogP contribution is 2.17. The van der Waals surface area contributed by atoms with Crippen LogP contribution in [-0.2, 0) is 6.54 Å². The molecule has 3 nitrogen and oxygen atoms in total. The van der Waals surface area contributed by atoms with Gasteiger partial charge in [-0.25, -0.2) is 8.96 Å². The molecule has 0 unspecified atom stereocenters. The molecule has 1 aromatic heterocycles. The number of halogens is 1. The van der Waals surface area contributed by atoms with Gasteiger partial charge in [-0.15, -0.1) is 0 Å². The fourth-order valence-electron chi connectivity index (χ4n) is 1.88. The van der Waals surface area contributed by atoms with Gasteiger partial charge in [0.2, 0.25) is 0 Å². The van der Waals surface area contributed by atoms with Crippen molar-refractivity contribution >= 4 is 5.69 Å². The fraction of sp³-hybridized carbons (Fsp3) is 0.312. The summed E-state index contributed by atoms with van der Waals surface area (Å²) in [6.45, 7) is 2.97. The number of ether oxygens (including phenoxy) is 1. The Labute approximate surface area is 119 Å². The van der Waals surface area contributed by atoms with Crippen molar-refractivity contribution < 1.29 is 13.7 Å². The second-order valence-electron chi connectivity index (χ2n) is 4.97. The first kappa shape index (κ1) is 14.3. The number of hydrogen-bond acceptors (Lipinski definition) is 2. The smallest absolute Gasteiger partial charge is 0.182 e. The van der Waals surface area contributed by atoms with E-state index >= 15 is 0 Å². The average Bonchev–Trinajstić information content (AvgIpc) is 2.42. The molecule has 2 aromatic rings. The van der Waals surface area contributed by atoms with Gasteiger partial charge in [0.15, 0.2) is 30.5 Å². The van der Waals surface area contributed by atoms with E-state index in [1.54, 1.807) is 6.07 Å². The highest BCUT2D eigenvalue weighted by molar-refractivity contribution is 5.41. The number of anilines is 1. The van der Waals surface area contributed by atoms with Crippen molar-refractivity contribution in [1.82, 2.24) is 0 Å². The summed E-state index contributed by atoms with van der Waals surface area (Å²) in [5.41, 5.74) is 2.04. The topological polar surface area (TPSA) is 16.4 Å². The monoisotopic (exact) mass is 275 g/mol. The van der Waals surface area contributed by atoms with Crippen molar-refractivity contribution in [2.24, 2.45) is 0 Å². The molecule has 0 bridgehead atoms. The van der Waals surface area contributed by atoms with Gasteiger partial charge in [0.05, 0.1) is 0 Å². The third-order valence-electron chi connectivity index (χ3n) is 3.08. The van der Waals surface area contributed by atoms with Crippen molar-refractivity contribution in [2.75, 3.05) is 25.6 Å². The van der Waals surface area contributed by atoms with Gasteiger partial charge in [-0.3, -0.25) is 0 Å². The first-order valence-electron chi connectivity index (χ1n) is 6.61. The lowest BCUT2D eigenvalue weighted by Crippen LogP contribution is -2.36. The van der Waals surface area contributed by atoms with E-state index in [4.69, 9.17) is 4.74 Å². The molecular formula is C16H20FN2O+. The molecule has 0 radical (unpaired) electrons. The van der Waals surface area contributed by atoms with Crippen LogP contribution in [0.4, 0.5) is 10.1 Å². The van der Waals surface area contributed by atoms with E-state index in [1.165, 1.54) is 6.07 Å². The molecule has 0 atom stereocenters. The molecule has 2 rings (SSSR count). The highest BCUT2D eigenvalue weighted by Gasteiger charge is 2.06.